The van der Waals surface area contributed by atoms with E-state index in [-0.39, 0.29) is 36.9 Å². The minimum absolute atomic E-state index is 0.0544. The molecule has 0 radical (unpaired) electrons. The van der Waals surface area contributed by atoms with Gasteiger partial charge in [-0.3, -0.25) is 19.7 Å². The molecule has 3 fully saturated rings. The molecule has 0 spiro atoms. The van der Waals surface area contributed by atoms with E-state index >= 15 is 0 Å². The van der Waals surface area contributed by atoms with Crippen LogP contribution in [0.2, 0.25) is 0 Å². The minimum atomic E-state index is -0.500. The molecule has 3 rings (SSSR count). The molecular formula is C17H26N4O4. The number of amides is 5. The summed E-state index contributed by atoms with van der Waals surface area (Å²) >= 11 is 0. The highest BCUT2D eigenvalue weighted by molar-refractivity contribution is 6.03. The van der Waals surface area contributed by atoms with Gasteiger partial charge >= 0.3 is 6.03 Å². The summed E-state index contributed by atoms with van der Waals surface area (Å²) in [6.07, 6.45) is 2.13. The van der Waals surface area contributed by atoms with Gasteiger partial charge in [-0.25, -0.2) is 4.79 Å². The summed E-state index contributed by atoms with van der Waals surface area (Å²) in [6.45, 7) is 6.07. The Bertz CT molecular complexity index is 591. The van der Waals surface area contributed by atoms with Crippen LogP contribution in [0.1, 0.15) is 33.1 Å². The highest BCUT2D eigenvalue weighted by Gasteiger charge is 2.41. The van der Waals surface area contributed by atoms with E-state index in [0.717, 1.165) is 19.4 Å². The summed E-state index contributed by atoms with van der Waals surface area (Å²) in [5.41, 5.74) is 0. The standard InChI is InChI=1S/C17H26N4O4/c1-11(2)7-21-13-5-6-19(8-12(13)3-4-15(21)23)16(24)10-20-9-14(22)18-17(20)25/h11-13H,3-10H2,1-2H3,(H,18,22,25)/t12-,13+/m1/s1. The molecule has 8 nitrogen and oxygen atoms in total. The number of fused-ring (bicyclic) bond motifs is 1. The van der Waals surface area contributed by atoms with Crippen LogP contribution in [-0.4, -0.2) is 77.2 Å². The predicted molar refractivity (Wildman–Crippen MR) is 89.4 cm³/mol. The van der Waals surface area contributed by atoms with Crippen molar-refractivity contribution in [2.45, 2.75) is 39.2 Å². The molecule has 0 aromatic heterocycles. The number of hydrogen-bond acceptors (Lipinski definition) is 4. The second kappa shape index (κ2) is 7.01. The number of piperidine rings is 2. The lowest BCUT2D eigenvalue weighted by Crippen LogP contribution is -2.58. The van der Waals surface area contributed by atoms with Crippen molar-refractivity contribution in [2.24, 2.45) is 11.8 Å². The Kier molecular flexibility index (Phi) is 4.96. The first-order valence-electron chi connectivity index (χ1n) is 9.01. The lowest BCUT2D eigenvalue weighted by atomic mass is 9.83. The van der Waals surface area contributed by atoms with Gasteiger partial charge in [0.25, 0.3) is 0 Å². The van der Waals surface area contributed by atoms with Crippen molar-refractivity contribution < 1.29 is 19.2 Å². The highest BCUT2D eigenvalue weighted by Crippen LogP contribution is 2.32. The van der Waals surface area contributed by atoms with Gasteiger partial charge in [0, 0.05) is 32.1 Å². The topological polar surface area (TPSA) is 90.0 Å². The van der Waals surface area contributed by atoms with E-state index in [1.54, 1.807) is 4.90 Å². The molecule has 25 heavy (non-hydrogen) atoms. The molecule has 0 saturated carbocycles. The Morgan fingerprint density at radius 3 is 2.64 bits per heavy atom. The number of likely N-dealkylation sites (tertiary alicyclic amines) is 2. The van der Waals surface area contributed by atoms with Crippen LogP contribution in [0.3, 0.4) is 0 Å². The molecule has 138 valence electrons. The number of rotatable bonds is 4. The molecule has 1 N–H and O–H groups in total. The van der Waals surface area contributed by atoms with Crippen molar-refractivity contribution in [3.05, 3.63) is 0 Å². The largest absolute Gasteiger partial charge is 0.341 e. The summed E-state index contributed by atoms with van der Waals surface area (Å²) in [4.78, 5) is 52.6. The highest BCUT2D eigenvalue weighted by atomic mass is 16.2. The quantitative estimate of drug-likeness (QED) is 0.725. The fourth-order valence-corrected chi connectivity index (χ4v) is 4.08. The molecule has 3 saturated heterocycles. The van der Waals surface area contributed by atoms with Crippen molar-refractivity contribution >= 4 is 23.8 Å². The Labute approximate surface area is 147 Å². The third kappa shape index (κ3) is 3.77. The summed E-state index contributed by atoms with van der Waals surface area (Å²) in [6, 6.07) is -0.288. The van der Waals surface area contributed by atoms with Crippen LogP contribution >= 0.6 is 0 Å². The SMILES string of the molecule is CC(C)CN1C(=O)CC[C@@H]2CN(C(=O)CN3CC(=O)NC3=O)CC[C@@H]21. The number of carbonyl (C=O) groups excluding carboxylic acids is 4. The lowest BCUT2D eigenvalue weighted by Gasteiger charge is -2.47. The van der Waals surface area contributed by atoms with Gasteiger partial charge in [0.1, 0.15) is 13.1 Å². The first kappa shape index (κ1) is 17.7. The van der Waals surface area contributed by atoms with Crippen LogP contribution in [0, 0.1) is 11.8 Å². The number of imide groups is 1. The van der Waals surface area contributed by atoms with E-state index in [1.165, 1.54) is 4.90 Å². The monoisotopic (exact) mass is 350 g/mol. The van der Waals surface area contributed by atoms with Crippen molar-refractivity contribution in [1.82, 2.24) is 20.0 Å². The molecular weight excluding hydrogens is 324 g/mol. The summed E-state index contributed by atoms with van der Waals surface area (Å²) in [5.74, 6) is 0.445. The van der Waals surface area contributed by atoms with Crippen LogP contribution < -0.4 is 5.32 Å². The third-order valence-corrected chi connectivity index (χ3v) is 5.25. The second-order valence-corrected chi connectivity index (χ2v) is 7.64. The molecule has 0 aromatic rings. The Hall–Kier alpha value is -2.12. The lowest BCUT2D eigenvalue weighted by molar-refractivity contribution is -0.145. The Morgan fingerprint density at radius 1 is 1.24 bits per heavy atom. The Balaban J connectivity index is 1.59. The van der Waals surface area contributed by atoms with E-state index in [0.29, 0.717) is 31.3 Å². The number of nitrogens with one attached hydrogen (secondary N) is 1. The van der Waals surface area contributed by atoms with Crippen molar-refractivity contribution in [2.75, 3.05) is 32.7 Å². The van der Waals surface area contributed by atoms with Gasteiger partial charge in [-0.15, -0.1) is 0 Å². The molecule has 0 aliphatic carbocycles. The van der Waals surface area contributed by atoms with Gasteiger partial charge < -0.3 is 14.7 Å². The molecule has 3 heterocycles. The third-order valence-electron chi connectivity index (χ3n) is 5.25. The minimum Gasteiger partial charge on any atom is -0.341 e. The second-order valence-electron chi connectivity index (χ2n) is 7.64. The molecule has 0 bridgehead atoms. The van der Waals surface area contributed by atoms with Crippen molar-refractivity contribution in [1.29, 1.82) is 0 Å². The zero-order chi connectivity index (χ0) is 18.1. The summed E-state index contributed by atoms with van der Waals surface area (Å²) < 4.78 is 0. The van der Waals surface area contributed by atoms with E-state index in [9.17, 15) is 19.2 Å². The first-order chi connectivity index (χ1) is 11.8. The summed E-state index contributed by atoms with van der Waals surface area (Å²) in [5, 5.41) is 2.18. The number of carbonyl (C=O) groups is 4. The molecule has 5 amide bonds. The molecule has 3 aliphatic heterocycles. The number of urea groups is 1. The molecule has 8 heteroatoms. The van der Waals surface area contributed by atoms with Gasteiger partial charge in [0.2, 0.25) is 17.7 Å². The van der Waals surface area contributed by atoms with Crippen molar-refractivity contribution in [3.63, 3.8) is 0 Å². The van der Waals surface area contributed by atoms with Gasteiger partial charge in [-0.05, 0) is 24.7 Å². The van der Waals surface area contributed by atoms with Crippen LogP contribution in [0.25, 0.3) is 0 Å². The van der Waals surface area contributed by atoms with E-state index in [2.05, 4.69) is 19.2 Å². The van der Waals surface area contributed by atoms with Gasteiger partial charge in [0.15, 0.2) is 0 Å². The maximum absolute atomic E-state index is 12.5. The number of nitrogens with zero attached hydrogens (tertiary/aromatic N) is 3. The molecule has 3 aliphatic rings. The summed E-state index contributed by atoms with van der Waals surface area (Å²) in [7, 11) is 0. The fraction of sp³-hybridized carbons (Fsp3) is 0.765. The zero-order valence-corrected chi connectivity index (χ0v) is 14.9. The normalized spacial score (nSPS) is 27.0. The molecule has 0 aromatic carbocycles. The average molecular weight is 350 g/mol. The fourth-order valence-electron chi connectivity index (χ4n) is 4.08. The van der Waals surface area contributed by atoms with Crippen LogP contribution in [0.5, 0.6) is 0 Å². The maximum Gasteiger partial charge on any atom is 0.325 e. The van der Waals surface area contributed by atoms with E-state index in [1.807, 2.05) is 4.90 Å². The number of hydrogen-bond donors (Lipinski definition) is 1. The van der Waals surface area contributed by atoms with Crippen LogP contribution in [0.4, 0.5) is 4.79 Å². The van der Waals surface area contributed by atoms with Crippen LogP contribution in [0.15, 0.2) is 0 Å². The smallest absolute Gasteiger partial charge is 0.325 e. The molecule has 0 unspecified atom stereocenters. The van der Waals surface area contributed by atoms with Gasteiger partial charge in [-0.2, -0.15) is 0 Å². The average Bonchev–Trinajstić information content (AvgIpc) is 2.86. The predicted octanol–water partition coefficient (Wildman–Crippen LogP) is 0.0337. The van der Waals surface area contributed by atoms with E-state index < -0.39 is 6.03 Å². The van der Waals surface area contributed by atoms with Crippen molar-refractivity contribution in [3.8, 4) is 0 Å². The first-order valence-corrected chi connectivity index (χ1v) is 9.01. The maximum atomic E-state index is 12.5. The molecule has 2 atom stereocenters. The zero-order valence-electron chi connectivity index (χ0n) is 14.9. The van der Waals surface area contributed by atoms with Gasteiger partial charge in [0.05, 0.1) is 0 Å². The van der Waals surface area contributed by atoms with E-state index in [4.69, 9.17) is 0 Å². The van der Waals surface area contributed by atoms with Crippen LogP contribution in [-0.2, 0) is 14.4 Å². The Morgan fingerprint density at radius 2 is 2.00 bits per heavy atom. The van der Waals surface area contributed by atoms with Gasteiger partial charge in [-0.1, -0.05) is 13.8 Å².